The zero-order chi connectivity index (χ0) is 25.9. The first-order valence-corrected chi connectivity index (χ1v) is 14.0. The summed E-state index contributed by atoms with van der Waals surface area (Å²) in [7, 11) is -3.29. The van der Waals surface area contributed by atoms with E-state index in [4.69, 9.17) is 9.15 Å². The molecule has 37 heavy (non-hydrogen) atoms. The third-order valence-electron chi connectivity index (χ3n) is 7.09. The van der Waals surface area contributed by atoms with Crippen molar-refractivity contribution in [1.29, 1.82) is 0 Å². The molecule has 4 aromatic rings. The van der Waals surface area contributed by atoms with Crippen molar-refractivity contribution in [3.05, 3.63) is 105 Å². The number of sulfone groups is 1. The van der Waals surface area contributed by atoms with Crippen molar-refractivity contribution in [2.75, 3.05) is 11.5 Å². The standard InChI is InChI=1S/C29H25NO6S/c1-17-13-18(2)27-23(14-17)26(31)24-25(19-7-6-10-22(15-19)35-21-8-4-3-5-9-21)30(29(32)28(24)36-27)20-11-12-37(33,34)16-20/h3-10,13-15,20,25H,11-12,16H2,1-2H3. The van der Waals surface area contributed by atoms with E-state index in [0.717, 1.165) is 11.1 Å². The summed E-state index contributed by atoms with van der Waals surface area (Å²) in [5.41, 5.74) is 2.67. The number of benzene rings is 3. The molecule has 6 rings (SSSR count). The first-order valence-electron chi connectivity index (χ1n) is 12.2. The summed E-state index contributed by atoms with van der Waals surface area (Å²) in [4.78, 5) is 29.3. The van der Waals surface area contributed by atoms with Crippen molar-refractivity contribution < 1.29 is 22.4 Å². The zero-order valence-corrected chi connectivity index (χ0v) is 21.2. The van der Waals surface area contributed by atoms with Gasteiger partial charge in [0.1, 0.15) is 17.1 Å². The van der Waals surface area contributed by atoms with Crippen molar-refractivity contribution in [3.63, 3.8) is 0 Å². The molecule has 0 bridgehead atoms. The molecule has 8 heteroatoms. The summed E-state index contributed by atoms with van der Waals surface area (Å²) in [5.74, 6) is 0.570. The maximum absolute atomic E-state index is 13.9. The molecule has 2 atom stereocenters. The number of amides is 1. The highest BCUT2D eigenvalue weighted by Crippen LogP contribution is 2.42. The highest BCUT2D eigenvalue weighted by molar-refractivity contribution is 7.91. The number of aryl methyl sites for hydroxylation is 2. The molecule has 2 aliphatic heterocycles. The van der Waals surface area contributed by atoms with Crippen LogP contribution < -0.4 is 10.2 Å². The summed E-state index contributed by atoms with van der Waals surface area (Å²) in [6, 6.07) is 18.8. The number of hydrogen-bond acceptors (Lipinski definition) is 6. The molecule has 7 nitrogen and oxygen atoms in total. The molecule has 0 aliphatic carbocycles. The van der Waals surface area contributed by atoms with Gasteiger partial charge < -0.3 is 14.1 Å². The minimum Gasteiger partial charge on any atom is -0.457 e. The van der Waals surface area contributed by atoms with E-state index >= 15 is 0 Å². The highest BCUT2D eigenvalue weighted by atomic mass is 32.2. The van der Waals surface area contributed by atoms with Gasteiger partial charge in [-0.3, -0.25) is 9.59 Å². The molecule has 0 radical (unpaired) electrons. The van der Waals surface area contributed by atoms with E-state index in [-0.39, 0.29) is 28.3 Å². The number of carbonyl (C=O) groups is 1. The number of para-hydroxylation sites is 1. The molecule has 1 saturated heterocycles. The number of rotatable bonds is 4. The van der Waals surface area contributed by atoms with Gasteiger partial charge in [0, 0.05) is 6.04 Å². The molecule has 0 spiro atoms. The normalized spacial score (nSPS) is 20.4. The predicted molar refractivity (Wildman–Crippen MR) is 140 cm³/mol. The molecule has 3 aromatic carbocycles. The lowest BCUT2D eigenvalue weighted by atomic mass is 9.96. The number of carbonyl (C=O) groups excluding carboxylic acids is 1. The number of hydrogen-bond donors (Lipinski definition) is 0. The fraction of sp³-hybridized carbons (Fsp3) is 0.241. The number of fused-ring (bicyclic) bond motifs is 2. The van der Waals surface area contributed by atoms with Gasteiger partial charge in [-0.05, 0) is 67.3 Å². The molecule has 0 saturated carbocycles. The van der Waals surface area contributed by atoms with Crippen molar-refractivity contribution in [1.82, 2.24) is 4.90 Å². The Morgan fingerprint density at radius 2 is 1.70 bits per heavy atom. The van der Waals surface area contributed by atoms with Gasteiger partial charge in [0.05, 0.1) is 28.5 Å². The first kappa shape index (κ1) is 23.5. The van der Waals surface area contributed by atoms with E-state index in [1.807, 2.05) is 56.3 Å². The van der Waals surface area contributed by atoms with Crippen molar-refractivity contribution in [2.24, 2.45) is 0 Å². The van der Waals surface area contributed by atoms with Crippen LogP contribution in [0.5, 0.6) is 11.5 Å². The molecule has 1 fully saturated rings. The minimum atomic E-state index is -3.29. The van der Waals surface area contributed by atoms with Crippen LogP contribution >= 0.6 is 0 Å². The average Bonchev–Trinajstić information content (AvgIpc) is 3.37. The molecule has 1 amide bonds. The minimum absolute atomic E-state index is 0.00330. The van der Waals surface area contributed by atoms with Crippen molar-refractivity contribution in [3.8, 4) is 11.5 Å². The molecular weight excluding hydrogens is 490 g/mol. The Labute approximate surface area is 214 Å². The van der Waals surface area contributed by atoms with Gasteiger partial charge >= 0.3 is 0 Å². The van der Waals surface area contributed by atoms with E-state index in [0.29, 0.717) is 34.5 Å². The zero-order valence-electron chi connectivity index (χ0n) is 20.4. The van der Waals surface area contributed by atoms with Gasteiger partial charge in [0.15, 0.2) is 15.3 Å². The summed E-state index contributed by atoms with van der Waals surface area (Å²) in [5, 5.41) is 0.409. The highest BCUT2D eigenvalue weighted by Gasteiger charge is 2.48. The van der Waals surface area contributed by atoms with Crippen LogP contribution in [0.1, 0.15) is 45.3 Å². The second-order valence-corrected chi connectivity index (χ2v) is 12.0. The van der Waals surface area contributed by atoms with E-state index in [1.165, 1.54) is 4.90 Å². The van der Waals surface area contributed by atoms with Gasteiger partial charge in [0.25, 0.3) is 5.91 Å². The Morgan fingerprint density at radius 1 is 0.946 bits per heavy atom. The summed E-state index contributed by atoms with van der Waals surface area (Å²) < 4.78 is 36.9. The lowest BCUT2D eigenvalue weighted by Gasteiger charge is -2.30. The maximum Gasteiger partial charge on any atom is 0.291 e. The van der Waals surface area contributed by atoms with E-state index in [1.54, 1.807) is 24.3 Å². The summed E-state index contributed by atoms with van der Waals surface area (Å²) in [6.45, 7) is 3.75. The second-order valence-electron chi connectivity index (χ2n) is 9.79. The van der Waals surface area contributed by atoms with Gasteiger partial charge in [-0.2, -0.15) is 0 Å². The maximum atomic E-state index is 13.9. The molecule has 3 heterocycles. The van der Waals surface area contributed by atoms with E-state index < -0.39 is 27.8 Å². The SMILES string of the molecule is Cc1cc(C)c2oc3c(c(=O)c2c1)C(c1cccc(Oc2ccccc2)c1)N(C1CCS(=O)(=O)C1)C3=O. The van der Waals surface area contributed by atoms with E-state index in [9.17, 15) is 18.0 Å². The Hall–Kier alpha value is -3.91. The lowest BCUT2D eigenvalue weighted by Crippen LogP contribution is -2.40. The third kappa shape index (κ3) is 4.01. The van der Waals surface area contributed by atoms with Crippen LogP contribution in [0.25, 0.3) is 11.0 Å². The van der Waals surface area contributed by atoms with Crippen molar-refractivity contribution >= 4 is 26.7 Å². The van der Waals surface area contributed by atoms with Gasteiger partial charge in [0.2, 0.25) is 5.76 Å². The van der Waals surface area contributed by atoms with Crippen LogP contribution in [-0.2, 0) is 9.84 Å². The average molecular weight is 516 g/mol. The number of ether oxygens (including phenoxy) is 1. The van der Waals surface area contributed by atoms with Crippen molar-refractivity contribution in [2.45, 2.75) is 32.4 Å². The van der Waals surface area contributed by atoms with E-state index in [2.05, 4.69) is 0 Å². The summed E-state index contributed by atoms with van der Waals surface area (Å²) in [6.07, 6.45) is 0.310. The quantitative estimate of drug-likeness (QED) is 0.382. The smallest absolute Gasteiger partial charge is 0.291 e. The summed E-state index contributed by atoms with van der Waals surface area (Å²) >= 11 is 0. The fourth-order valence-electron chi connectivity index (χ4n) is 5.52. The molecule has 2 unspecified atom stereocenters. The molecule has 1 aromatic heterocycles. The molecule has 0 N–H and O–H groups in total. The second kappa shape index (κ2) is 8.59. The fourth-order valence-corrected chi connectivity index (χ4v) is 7.23. The van der Waals surface area contributed by atoms with Crippen LogP contribution in [0.3, 0.4) is 0 Å². The topological polar surface area (TPSA) is 93.9 Å². The van der Waals surface area contributed by atoms with Crippen LogP contribution in [-0.4, -0.2) is 36.8 Å². The van der Waals surface area contributed by atoms with Gasteiger partial charge in [-0.15, -0.1) is 0 Å². The van der Waals surface area contributed by atoms with Crippen LogP contribution in [0.15, 0.2) is 75.9 Å². The number of nitrogens with zero attached hydrogens (tertiary/aromatic N) is 1. The third-order valence-corrected chi connectivity index (χ3v) is 8.84. The Morgan fingerprint density at radius 3 is 2.43 bits per heavy atom. The van der Waals surface area contributed by atoms with Crippen LogP contribution in [0, 0.1) is 13.8 Å². The molecule has 188 valence electrons. The molecular formula is C29H25NO6S. The Kier molecular flexibility index (Phi) is 5.45. The molecule has 2 aliphatic rings. The van der Waals surface area contributed by atoms with Gasteiger partial charge in [-0.25, -0.2) is 8.42 Å². The predicted octanol–water partition coefficient (Wildman–Crippen LogP) is 4.93. The Balaban J connectivity index is 1.54. The first-order chi connectivity index (χ1) is 17.7. The Bertz CT molecular complexity index is 1730. The lowest BCUT2D eigenvalue weighted by molar-refractivity contribution is 0.0662. The van der Waals surface area contributed by atoms with Gasteiger partial charge in [-0.1, -0.05) is 36.4 Å². The largest absolute Gasteiger partial charge is 0.457 e. The van der Waals surface area contributed by atoms with Crippen LogP contribution in [0.4, 0.5) is 0 Å². The monoisotopic (exact) mass is 515 g/mol. The van der Waals surface area contributed by atoms with Crippen LogP contribution in [0.2, 0.25) is 0 Å².